The molecule has 1 aromatic heterocycles. The minimum atomic E-state index is 0.0377. The van der Waals surface area contributed by atoms with E-state index in [1.807, 2.05) is 35.0 Å². The predicted molar refractivity (Wildman–Crippen MR) is 105 cm³/mol. The van der Waals surface area contributed by atoms with Crippen LogP contribution in [0, 0.1) is 5.92 Å². The van der Waals surface area contributed by atoms with Crippen LogP contribution in [-0.2, 0) is 13.6 Å². The number of carbonyl (C=O) groups excluding carboxylic acids is 1. The second-order valence-electron chi connectivity index (χ2n) is 7.90. The lowest BCUT2D eigenvalue weighted by molar-refractivity contribution is 0.111. The number of carbonyl (C=O) groups is 1. The molecule has 0 aliphatic carbocycles. The summed E-state index contributed by atoms with van der Waals surface area (Å²) in [4.78, 5) is 17.2. The Bertz CT molecular complexity index is 816. The second-order valence-corrected chi connectivity index (χ2v) is 7.90. The van der Waals surface area contributed by atoms with E-state index in [1.165, 1.54) is 16.8 Å². The summed E-state index contributed by atoms with van der Waals surface area (Å²) in [6.45, 7) is 4.58. The first-order chi connectivity index (χ1) is 13.1. The van der Waals surface area contributed by atoms with Gasteiger partial charge in [-0.05, 0) is 56.5 Å². The molecule has 27 heavy (non-hydrogen) atoms. The number of piperidine rings is 1. The van der Waals surface area contributed by atoms with Gasteiger partial charge in [0.05, 0.1) is 17.8 Å². The number of benzene rings is 1. The van der Waals surface area contributed by atoms with Gasteiger partial charge in [-0.1, -0.05) is 24.3 Å². The zero-order valence-corrected chi connectivity index (χ0v) is 16.4. The van der Waals surface area contributed by atoms with E-state index < -0.39 is 0 Å². The SMILES string of the molecule is CC1c2ccccc2CN1C(=O)NC[C@@H]1CCCN(C)[C@H]1c1ccnn1C. The van der Waals surface area contributed by atoms with Gasteiger partial charge in [0.1, 0.15) is 0 Å². The molecule has 1 aromatic carbocycles. The van der Waals surface area contributed by atoms with E-state index in [1.54, 1.807) is 0 Å². The Morgan fingerprint density at radius 1 is 1.26 bits per heavy atom. The number of fused-ring (bicyclic) bond motifs is 1. The van der Waals surface area contributed by atoms with Crippen molar-refractivity contribution in [2.24, 2.45) is 13.0 Å². The van der Waals surface area contributed by atoms with Gasteiger partial charge >= 0.3 is 6.03 Å². The van der Waals surface area contributed by atoms with Crippen molar-refractivity contribution in [2.45, 2.75) is 38.4 Å². The molecule has 0 bridgehead atoms. The number of hydrogen-bond acceptors (Lipinski definition) is 3. The summed E-state index contributed by atoms with van der Waals surface area (Å²) in [7, 11) is 4.17. The maximum atomic E-state index is 12.9. The molecule has 2 aliphatic heterocycles. The van der Waals surface area contributed by atoms with E-state index in [9.17, 15) is 4.79 Å². The number of nitrogens with zero attached hydrogens (tertiary/aromatic N) is 4. The lowest BCUT2D eigenvalue weighted by Crippen LogP contribution is -2.45. The summed E-state index contributed by atoms with van der Waals surface area (Å²) < 4.78 is 1.96. The zero-order chi connectivity index (χ0) is 19.0. The minimum absolute atomic E-state index is 0.0377. The normalized spacial score (nSPS) is 25.4. The van der Waals surface area contributed by atoms with Crippen molar-refractivity contribution in [3.8, 4) is 0 Å². The minimum Gasteiger partial charge on any atom is -0.338 e. The first-order valence-electron chi connectivity index (χ1n) is 9.86. The number of amides is 2. The van der Waals surface area contributed by atoms with Crippen LogP contribution in [0.3, 0.4) is 0 Å². The van der Waals surface area contributed by atoms with Gasteiger partial charge in [-0.2, -0.15) is 5.10 Å². The molecule has 6 nitrogen and oxygen atoms in total. The third-order valence-corrected chi connectivity index (χ3v) is 6.26. The van der Waals surface area contributed by atoms with Crippen molar-refractivity contribution in [3.05, 3.63) is 53.3 Å². The Labute approximate surface area is 161 Å². The van der Waals surface area contributed by atoms with Crippen LogP contribution in [0.2, 0.25) is 0 Å². The molecular weight excluding hydrogens is 338 g/mol. The average Bonchev–Trinajstić information content (AvgIpc) is 3.23. The quantitative estimate of drug-likeness (QED) is 0.907. The maximum Gasteiger partial charge on any atom is 0.318 e. The number of likely N-dealkylation sites (tertiary alicyclic amines) is 1. The zero-order valence-electron chi connectivity index (χ0n) is 16.4. The van der Waals surface area contributed by atoms with E-state index in [4.69, 9.17) is 0 Å². The van der Waals surface area contributed by atoms with Crippen LogP contribution < -0.4 is 5.32 Å². The van der Waals surface area contributed by atoms with Crippen LogP contribution >= 0.6 is 0 Å². The van der Waals surface area contributed by atoms with Crippen LogP contribution in [0.25, 0.3) is 0 Å². The molecule has 3 heterocycles. The van der Waals surface area contributed by atoms with Gasteiger partial charge in [0.2, 0.25) is 0 Å². The average molecular weight is 367 g/mol. The fraction of sp³-hybridized carbons (Fsp3) is 0.524. The fourth-order valence-corrected chi connectivity index (χ4v) is 4.76. The van der Waals surface area contributed by atoms with Crippen molar-refractivity contribution in [1.29, 1.82) is 0 Å². The van der Waals surface area contributed by atoms with Crippen molar-refractivity contribution in [3.63, 3.8) is 0 Å². The second kappa shape index (κ2) is 7.35. The van der Waals surface area contributed by atoms with Crippen molar-refractivity contribution in [2.75, 3.05) is 20.1 Å². The Kier molecular flexibility index (Phi) is 4.91. The highest BCUT2D eigenvalue weighted by Gasteiger charge is 2.34. The lowest BCUT2D eigenvalue weighted by atomic mass is 9.87. The van der Waals surface area contributed by atoms with E-state index >= 15 is 0 Å². The summed E-state index contributed by atoms with van der Waals surface area (Å²) in [6, 6.07) is 10.9. The van der Waals surface area contributed by atoms with Gasteiger partial charge in [-0.25, -0.2) is 4.79 Å². The predicted octanol–water partition coefficient (Wildman–Crippen LogP) is 3.09. The van der Waals surface area contributed by atoms with Crippen LogP contribution in [0.5, 0.6) is 0 Å². The topological polar surface area (TPSA) is 53.4 Å². The van der Waals surface area contributed by atoms with Crippen LogP contribution in [0.1, 0.15) is 48.7 Å². The Balaban J connectivity index is 1.43. The van der Waals surface area contributed by atoms with Gasteiger partial charge in [-0.3, -0.25) is 9.58 Å². The number of urea groups is 1. The molecule has 1 unspecified atom stereocenters. The van der Waals surface area contributed by atoms with Gasteiger partial charge < -0.3 is 10.2 Å². The lowest BCUT2D eigenvalue weighted by Gasteiger charge is -2.39. The molecule has 3 atom stereocenters. The van der Waals surface area contributed by atoms with Crippen LogP contribution in [-0.4, -0.2) is 45.7 Å². The first kappa shape index (κ1) is 18.0. The molecule has 1 N–H and O–H groups in total. The fourth-order valence-electron chi connectivity index (χ4n) is 4.76. The molecule has 4 rings (SSSR count). The molecule has 2 aliphatic rings. The van der Waals surface area contributed by atoms with Crippen molar-refractivity contribution < 1.29 is 4.79 Å². The van der Waals surface area contributed by atoms with E-state index in [0.29, 0.717) is 25.0 Å². The third kappa shape index (κ3) is 3.34. The Morgan fingerprint density at radius 3 is 2.81 bits per heavy atom. The van der Waals surface area contributed by atoms with Gasteiger partial charge in [0, 0.05) is 26.3 Å². The molecule has 0 saturated carbocycles. The maximum absolute atomic E-state index is 12.9. The standard InChI is InChI=1S/C21H29N5O/c1-15-18-9-5-4-7-17(18)14-26(15)21(27)22-13-16-8-6-12-24(2)20(16)19-10-11-23-25(19)3/h4-5,7,9-11,15-16,20H,6,8,12-14H2,1-3H3,(H,22,27)/t15?,16-,20+/m0/s1. The molecule has 144 valence electrons. The molecule has 2 amide bonds. The molecule has 1 fully saturated rings. The summed E-state index contributed by atoms with van der Waals surface area (Å²) in [6.07, 6.45) is 4.14. The molecule has 2 aromatic rings. The van der Waals surface area contributed by atoms with Crippen LogP contribution in [0.4, 0.5) is 4.79 Å². The number of aromatic nitrogens is 2. The van der Waals surface area contributed by atoms with E-state index in [0.717, 1.165) is 19.4 Å². The summed E-state index contributed by atoms with van der Waals surface area (Å²) in [5.41, 5.74) is 3.74. The van der Waals surface area contributed by atoms with Crippen molar-refractivity contribution in [1.82, 2.24) is 24.9 Å². The molecule has 1 saturated heterocycles. The number of aryl methyl sites for hydroxylation is 1. The highest BCUT2D eigenvalue weighted by molar-refractivity contribution is 5.75. The number of hydrogen-bond donors (Lipinski definition) is 1. The third-order valence-electron chi connectivity index (χ3n) is 6.26. The Morgan fingerprint density at radius 2 is 2.07 bits per heavy atom. The summed E-state index contributed by atoms with van der Waals surface area (Å²) in [5.74, 6) is 0.392. The molecule has 0 radical (unpaired) electrons. The largest absolute Gasteiger partial charge is 0.338 e. The first-order valence-corrected chi connectivity index (χ1v) is 9.86. The van der Waals surface area contributed by atoms with Gasteiger partial charge in [0.15, 0.2) is 0 Å². The number of nitrogens with one attached hydrogen (secondary N) is 1. The molecule has 6 heteroatoms. The summed E-state index contributed by atoms with van der Waals surface area (Å²) in [5, 5.41) is 7.57. The van der Waals surface area contributed by atoms with Gasteiger partial charge in [-0.15, -0.1) is 0 Å². The smallest absolute Gasteiger partial charge is 0.318 e. The monoisotopic (exact) mass is 367 g/mol. The highest BCUT2D eigenvalue weighted by Crippen LogP contribution is 2.35. The Hall–Kier alpha value is -2.34. The number of rotatable bonds is 3. The van der Waals surface area contributed by atoms with Crippen molar-refractivity contribution >= 4 is 6.03 Å². The molecule has 0 spiro atoms. The van der Waals surface area contributed by atoms with E-state index in [-0.39, 0.29) is 12.1 Å². The summed E-state index contributed by atoms with van der Waals surface area (Å²) >= 11 is 0. The molecular formula is C21H29N5O. The highest BCUT2D eigenvalue weighted by atomic mass is 16.2. The van der Waals surface area contributed by atoms with Gasteiger partial charge in [0.25, 0.3) is 0 Å². The van der Waals surface area contributed by atoms with Crippen LogP contribution in [0.15, 0.2) is 36.5 Å². The van der Waals surface area contributed by atoms with E-state index in [2.05, 4.69) is 47.5 Å².